The van der Waals surface area contributed by atoms with E-state index in [2.05, 4.69) is 13.8 Å². The average molecular weight is 466 g/mol. The monoisotopic (exact) mass is 465 g/mol. The number of rotatable bonds is 6. The molecule has 7 nitrogen and oxygen atoms in total. The summed E-state index contributed by atoms with van der Waals surface area (Å²) >= 11 is 0. The Kier molecular flexibility index (Phi) is 6.30. The third-order valence-corrected chi connectivity index (χ3v) is 6.55. The Balaban J connectivity index is 1.94. The van der Waals surface area contributed by atoms with Gasteiger partial charge in [-0.3, -0.25) is 14.5 Å². The zero-order valence-corrected chi connectivity index (χ0v) is 20.6. The van der Waals surface area contributed by atoms with E-state index in [4.69, 9.17) is 18.9 Å². The summed E-state index contributed by atoms with van der Waals surface area (Å²) in [6, 6.07) is 10.8. The van der Waals surface area contributed by atoms with Gasteiger partial charge in [0.1, 0.15) is 23.0 Å². The van der Waals surface area contributed by atoms with Crippen LogP contribution in [0.3, 0.4) is 0 Å². The number of methoxy groups -OCH3 is 4. The van der Waals surface area contributed by atoms with Crippen molar-refractivity contribution in [3.8, 4) is 23.0 Å². The molecular weight excluding hydrogens is 434 g/mol. The van der Waals surface area contributed by atoms with E-state index >= 15 is 0 Å². The van der Waals surface area contributed by atoms with E-state index in [-0.39, 0.29) is 23.5 Å². The SMILES string of the molecule is COc1cc(OC)cc(N2C(=O)CC(c3cc(OC)ccc3OC)C3=C2CC(C)(C)CC3=O)c1. The minimum absolute atomic E-state index is 0.0495. The molecule has 7 heteroatoms. The number of nitrogens with zero attached hydrogens (tertiary/aromatic N) is 1. The average Bonchev–Trinajstić information content (AvgIpc) is 2.81. The van der Waals surface area contributed by atoms with Crippen LogP contribution < -0.4 is 23.8 Å². The molecule has 1 unspecified atom stereocenters. The highest BCUT2D eigenvalue weighted by Gasteiger charge is 2.45. The second-order valence-corrected chi connectivity index (χ2v) is 9.47. The molecule has 0 saturated heterocycles. The number of carbonyl (C=O) groups is 2. The first kappa shape index (κ1) is 23.7. The van der Waals surface area contributed by atoms with Gasteiger partial charge in [-0.15, -0.1) is 0 Å². The molecular formula is C27H31NO6. The molecule has 0 spiro atoms. The van der Waals surface area contributed by atoms with Gasteiger partial charge in [0.15, 0.2) is 5.78 Å². The zero-order chi connectivity index (χ0) is 24.6. The predicted octanol–water partition coefficient (Wildman–Crippen LogP) is 4.88. The highest BCUT2D eigenvalue weighted by atomic mass is 16.5. The lowest BCUT2D eigenvalue weighted by Crippen LogP contribution is -2.43. The Morgan fingerprint density at radius 2 is 1.47 bits per heavy atom. The third-order valence-electron chi connectivity index (χ3n) is 6.55. The van der Waals surface area contributed by atoms with E-state index in [1.54, 1.807) is 51.5 Å². The van der Waals surface area contributed by atoms with Gasteiger partial charge in [-0.1, -0.05) is 13.8 Å². The number of benzene rings is 2. The molecule has 0 saturated carbocycles. The molecule has 1 atom stereocenters. The lowest BCUT2D eigenvalue weighted by Gasteiger charge is -2.43. The van der Waals surface area contributed by atoms with Crippen molar-refractivity contribution in [2.75, 3.05) is 33.3 Å². The van der Waals surface area contributed by atoms with Gasteiger partial charge in [-0.05, 0) is 30.0 Å². The number of anilines is 1. The van der Waals surface area contributed by atoms with Gasteiger partial charge in [-0.25, -0.2) is 0 Å². The number of Topliss-reactive ketones (excluding diaryl/α,β-unsaturated/α-hetero) is 1. The highest BCUT2D eigenvalue weighted by Crippen LogP contribution is 2.50. The summed E-state index contributed by atoms with van der Waals surface area (Å²) in [6.45, 7) is 4.11. The largest absolute Gasteiger partial charge is 0.497 e. The molecule has 4 rings (SSSR count). The third kappa shape index (κ3) is 4.22. The first-order valence-electron chi connectivity index (χ1n) is 11.3. The summed E-state index contributed by atoms with van der Waals surface area (Å²) in [4.78, 5) is 29.0. The van der Waals surface area contributed by atoms with Crippen LogP contribution in [0.1, 0.15) is 44.6 Å². The molecule has 1 aliphatic heterocycles. The molecule has 2 aromatic carbocycles. The van der Waals surface area contributed by atoms with Crippen LogP contribution >= 0.6 is 0 Å². The van der Waals surface area contributed by atoms with Gasteiger partial charge in [0, 0.05) is 53.8 Å². The summed E-state index contributed by atoms with van der Waals surface area (Å²) in [6.07, 6.45) is 1.13. The summed E-state index contributed by atoms with van der Waals surface area (Å²) in [5.74, 6) is 1.95. The zero-order valence-electron chi connectivity index (χ0n) is 20.6. The van der Waals surface area contributed by atoms with Crippen LogP contribution in [0.15, 0.2) is 47.7 Å². The van der Waals surface area contributed by atoms with Gasteiger partial charge < -0.3 is 18.9 Å². The van der Waals surface area contributed by atoms with Gasteiger partial charge in [0.2, 0.25) is 5.91 Å². The number of carbonyl (C=O) groups excluding carboxylic acids is 2. The summed E-state index contributed by atoms with van der Waals surface area (Å²) in [5.41, 5.74) is 2.50. The Labute approximate surface area is 200 Å². The number of amides is 1. The van der Waals surface area contributed by atoms with Crippen molar-refractivity contribution >= 4 is 17.4 Å². The number of hydrogen-bond acceptors (Lipinski definition) is 6. The lowest BCUT2D eigenvalue weighted by molar-refractivity contribution is -0.121. The van der Waals surface area contributed by atoms with Crippen LogP contribution in [0.4, 0.5) is 5.69 Å². The molecule has 0 radical (unpaired) electrons. The normalized spacial score (nSPS) is 19.6. The fourth-order valence-electron chi connectivity index (χ4n) is 5.01. The van der Waals surface area contributed by atoms with Crippen molar-refractivity contribution in [2.45, 2.75) is 39.0 Å². The van der Waals surface area contributed by atoms with E-state index in [1.807, 2.05) is 18.2 Å². The first-order valence-corrected chi connectivity index (χ1v) is 11.3. The van der Waals surface area contributed by atoms with E-state index in [1.165, 1.54) is 0 Å². The van der Waals surface area contributed by atoms with Crippen LogP contribution in [-0.4, -0.2) is 40.1 Å². The maximum atomic E-state index is 13.7. The second-order valence-electron chi connectivity index (χ2n) is 9.47. The molecule has 0 bridgehead atoms. The van der Waals surface area contributed by atoms with Crippen LogP contribution in [0.25, 0.3) is 0 Å². The molecule has 0 N–H and O–H groups in total. The Bertz CT molecular complexity index is 1140. The molecule has 34 heavy (non-hydrogen) atoms. The lowest BCUT2D eigenvalue weighted by atomic mass is 9.69. The van der Waals surface area contributed by atoms with Gasteiger partial charge in [0.25, 0.3) is 0 Å². The van der Waals surface area contributed by atoms with Crippen molar-refractivity contribution in [1.29, 1.82) is 0 Å². The van der Waals surface area contributed by atoms with Crippen LogP contribution in [0.2, 0.25) is 0 Å². The standard InChI is InChI=1S/C27H31NO6/c1-27(2)14-22-26(23(29)15-27)21(20-12-17(31-3)7-8-24(20)34-6)13-25(30)28(22)16-9-18(32-4)11-19(10-16)33-5/h7-12,21H,13-15H2,1-6H3. The molecule has 0 fully saturated rings. The van der Waals surface area contributed by atoms with Crippen molar-refractivity contribution in [3.05, 3.63) is 53.2 Å². The molecule has 2 aliphatic rings. The van der Waals surface area contributed by atoms with Crippen LogP contribution in [-0.2, 0) is 9.59 Å². The topological polar surface area (TPSA) is 74.3 Å². The minimum Gasteiger partial charge on any atom is -0.497 e. The van der Waals surface area contributed by atoms with Crippen molar-refractivity contribution in [3.63, 3.8) is 0 Å². The molecule has 180 valence electrons. The Morgan fingerprint density at radius 1 is 0.824 bits per heavy atom. The molecule has 1 heterocycles. The van der Waals surface area contributed by atoms with Crippen LogP contribution in [0, 0.1) is 5.41 Å². The minimum atomic E-state index is -0.417. The second kappa shape index (κ2) is 9.05. The number of ether oxygens (including phenoxy) is 4. The summed E-state index contributed by atoms with van der Waals surface area (Å²) in [5, 5.41) is 0. The molecule has 1 amide bonds. The van der Waals surface area contributed by atoms with Crippen molar-refractivity contribution in [2.24, 2.45) is 5.41 Å². The molecule has 2 aromatic rings. The smallest absolute Gasteiger partial charge is 0.232 e. The Morgan fingerprint density at radius 3 is 2.06 bits per heavy atom. The molecule has 1 aliphatic carbocycles. The Hall–Kier alpha value is -3.48. The van der Waals surface area contributed by atoms with E-state index in [0.29, 0.717) is 47.1 Å². The van der Waals surface area contributed by atoms with E-state index < -0.39 is 5.92 Å². The molecule has 0 aromatic heterocycles. The van der Waals surface area contributed by atoms with Crippen LogP contribution in [0.5, 0.6) is 23.0 Å². The van der Waals surface area contributed by atoms with E-state index in [0.717, 1.165) is 11.3 Å². The fourth-order valence-corrected chi connectivity index (χ4v) is 5.01. The maximum absolute atomic E-state index is 13.7. The van der Waals surface area contributed by atoms with Gasteiger partial charge in [-0.2, -0.15) is 0 Å². The number of hydrogen-bond donors (Lipinski definition) is 0. The van der Waals surface area contributed by atoms with Gasteiger partial charge in [0.05, 0.1) is 34.1 Å². The number of allylic oxidation sites excluding steroid dienone is 2. The van der Waals surface area contributed by atoms with Gasteiger partial charge >= 0.3 is 0 Å². The van der Waals surface area contributed by atoms with Crippen molar-refractivity contribution < 1.29 is 28.5 Å². The fraction of sp³-hybridized carbons (Fsp3) is 0.407. The first-order chi connectivity index (χ1) is 16.2. The van der Waals surface area contributed by atoms with Crippen molar-refractivity contribution in [1.82, 2.24) is 0 Å². The number of ketones is 1. The predicted molar refractivity (Wildman–Crippen MR) is 129 cm³/mol. The summed E-state index contributed by atoms with van der Waals surface area (Å²) < 4.78 is 21.9. The maximum Gasteiger partial charge on any atom is 0.232 e. The summed E-state index contributed by atoms with van der Waals surface area (Å²) in [7, 11) is 6.32. The quantitative estimate of drug-likeness (QED) is 0.605. The highest BCUT2D eigenvalue weighted by molar-refractivity contribution is 6.08. The van der Waals surface area contributed by atoms with E-state index in [9.17, 15) is 9.59 Å².